The first-order chi connectivity index (χ1) is 15.5. The van der Waals surface area contributed by atoms with E-state index in [9.17, 15) is 22.8 Å². The standard InChI is InChI=1S/C23H26N4O5S/c1-15(2)13-24-21(28)20-22(29)26(14-17-8-6-5-7-16(17)3)23(30)27(25-20)18-9-11-19(12-10-18)33(4,31)32/h5-12,15H,13-14H2,1-4H3,(H,24,28). The van der Waals surface area contributed by atoms with Crippen molar-refractivity contribution in [3.63, 3.8) is 0 Å². The van der Waals surface area contributed by atoms with E-state index < -0.39 is 32.7 Å². The van der Waals surface area contributed by atoms with Gasteiger partial charge in [0.15, 0.2) is 9.84 Å². The van der Waals surface area contributed by atoms with Crippen LogP contribution < -0.4 is 16.6 Å². The van der Waals surface area contributed by atoms with E-state index in [-0.39, 0.29) is 23.0 Å². The van der Waals surface area contributed by atoms with Crippen LogP contribution in [0.5, 0.6) is 0 Å². The molecule has 1 N–H and O–H groups in total. The summed E-state index contributed by atoms with van der Waals surface area (Å²) in [6, 6.07) is 12.8. The predicted molar refractivity (Wildman–Crippen MR) is 125 cm³/mol. The number of carbonyl (C=O) groups is 1. The molecule has 0 atom stereocenters. The Morgan fingerprint density at radius 2 is 1.70 bits per heavy atom. The summed E-state index contributed by atoms with van der Waals surface area (Å²) in [6.07, 6.45) is 1.08. The van der Waals surface area contributed by atoms with Crippen LogP contribution >= 0.6 is 0 Å². The lowest BCUT2D eigenvalue weighted by atomic mass is 10.1. The zero-order valence-electron chi connectivity index (χ0n) is 18.9. The van der Waals surface area contributed by atoms with Gasteiger partial charge in [-0.15, -0.1) is 0 Å². The summed E-state index contributed by atoms with van der Waals surface area (Å²) >= 11 is 0. The van der Waals surface area contributed by atoms with Crippen molar-refractivity contribution in [3.05, 3.63) is 86.2 Å². The number of benzene rings is 2. The lowest BCUT2D eigenvalue weighted by Gasteiger charge is -2.14. The van der Waals surface area contributed by atoms with Gasteiger partial charge in [-0.05, 0) is 48.2 Å². The van der Waals surface area contributed by atoms with Crippen LogP contribution in [0, 0.1) is 12.8 Å². The van der Waals surface area contributed by atoms with Crippen molar-refractivity contribution in [2.45, 2.75) is 32.2 Å². The van der Waals surface area contributed by atoms with E-state index in [0.717, 1.165) is 26.6 Å². The first-order valence-corrected chi connectivity index (χ1v) is 12.3. The molecule has 0 radical (unpaired) electrons. The van der Waals surface area contributed by atoms with Crippen LogP contribution in [0.4, 0.5) is 0 Å². The molecule has 0 unspecified atom stereocenters. The SMILES string of the molecule is Cc1ccccc1Cn1c(=O)c(C(=O)NCC(C)C)nn(-c2ccc(S(C)(=O)=O)cc2)c1=O. The maximum absolute atomic E-state index is 13.2. The van der Waals surface area contributed by atoms with E-state index in [4.69, 9.17) is 0 Å². The summed E-state index contributed by atoms with van der Waals surface area (Å²) in [5.74, 6) is -0.536. The lowest BCUT2D eigenvalue weighted by Crippen LogP contribution is -2.46. The lowest BCUT2D eigenvalue weighted by molar-refractivity contribution is 0.0939. The van der Waals surface area contributed by atoms with Crippen LogP contribution in [-0.2, 0) is 16.4 Å². The van der Waals surface area contributed by atoms with Gasteiger partial charge in [-0.2, -0.15) is 9.78 Å². The average molecular weight is 471 g/mol. The molecule has 0 fully saturated rings. The van der Waals surface area contributed by atoms with E-state index in [1.54, 1.807) is 12.1 Å². The molecule has 1 heterocycles. The normalized spacial score (nSPS) is 11.5. The van der Waals surface area contributed by atoms with Crippen molar-refractivity contribution >= 4 is 15.7 Å². The Kier molecular flexibility index (Phi) is 6.97. The number of rotatable bonds is 7. The molecule has 9 nitrogen and oxygen atoms in total. The van der Waals surface area contributed by atoms with Gasteiger partial charge in [-0.25, -0.2) is 13.2 Å². The zero-order valence-corrected chi connectivity index (χ0v) is 19.7. The molecule has 33 heavy (non-hydrogen) atoms. The number of carbonyl (C=O) groups excluding carboxylic acids is 1. The van der Waals surface area contributed by atoms with Crippen molar-refractivity contribution in [1.29, 1.82) is 0 Å². The number of aryl methyl sites for hydroxylation is 1. The van der Waals surface area contributed by atoms with Crippen LogP contribution in [0.15, 0.2) is 63.0 Å². The Morgan fingerprint density at radius 3 is 2.27 bits per heavy atom. The summed E-state index contributed by atoms with van der Waals surface area (Å²) < 4.78 is 25.4. The van der Waals surface area contributed by atoms with Crippen LogP contribution in [0.25, 0.3) is 5.69 Å². The molecule has 0 spiro atoms. The highest BCUT2D eigenvalue weighted by Crippen LogP contribution is 2.12. The maximum Gasteiger partial charge on any atom is 0.352 e. The number of sulfone groups is 1. The van der Waals surface area contributed by atoms with Crippen molar-refractivity contribution < 1.29 is 13.2 Å². The molecular formula is C23H26N4O5S. The number of aromatic nitrogens is 3. The molecule has 174 valence electrons. The largest absolute Gasteiger partial charge is 0.352 e. The quantitative estimate of drug-likeness (QED) is 0.559. The van der Waals surface area contributed by atoms with Crippen molar-refractivity contribution in [2.75, 3.05) is 12.8 Å². The Morgan fingerprint density at radius 1 is 1.06 bits per heavy atom. The molecule has 0 aliphatic rings. The molecule has 0 aliphatic carbocycles. The van der Waals surface area contributed by atoms with Crippen LogP contribution in [0.3, 0.4) is 0 Å². The molecule has 0 aliphatic heterocycles. The fraction of sp³-hybridized carbons (Fsp3) is 0.304. The van der Waals surface area contributed by atoms with Gasteiger partial charge < -0.3 is 5.32 Å². The second-order valence-corrected chi connectivity index (χ2v) is 10.2. The first-order valence-electron chi connectivity index (χ1n) is 10.4. The van der Waals surface area contributed by atoms with Gasteiger partial charge in [0.1, 0.15) is 0 Å². The van der Waals surface area contributed by atoms with Gasteiger partial charge >= 0.3 is 5.69 Å². The maximum atomic E-state index is 13.2. The molecule has 0 saturated carbocycles. The predicted octanol–water partition coefficient (Wildman–Crippen LogP) is 1.54. The molecule has 1 amide bonds. The minimum absolute atomic E-state index is 0.0429. The Labute approximate surface area is 191 Å². The summed E-state index contributed by atoms with van der Waals surface area (Å²) in [5, 5.41) is 6.71. The van der Waals surface area contributed by atoms with Gasteiger partial charge in [-0.1, -0.05) is 38.1 Å². The average Bonchev–Trinajstić information content (AvgIpc) is 2.76. The Balaban J connectivity index is 2.19. The smallest absolute Gasteiger partial charge is 0.350 e. The summed E-state index contributed by atoms with van der Waals surface area (Å²) in [6.45, 7) is 5.97. The topological polar surface area (TPSA) is 120 Å². The first kappa shape index (κ1) is 24.1. The molecule has 3 rings (SSSR count). The van der Waals surface area contributed by atoms with Gasteiger partial charge in [0, 0.05) is 12.8 Å². The van der Waals surface area contributed by atoms with Gasteiger partial charge in [0.05, 0.1) is 17.1 Å². The Hall–Kier alpha value is -3.53. The number of amides is 1. The monoisotopic (exact) mass is 470 g/mol. The molecular weight excluding hydrogens is 444 g/mol. The molecule has 1 aromatic heterocycles. The second kappa shape index (κ2) is 9.53. The number of hydrogen-bond donors (Lipinski definition) is 1. The highest BCUT2D eigenvalue weighted by atomic mass is 32.2. The van der Waals surface area contributed by atoms with Crippen molar-refractivity contribution in [3.8, 4) is 5.69 Å². The van der Waals surface area contributed by atoms with Crippen LogP contribution in [0.2, 0.25) is 0 Å². The zero-order chi connectivity index (χ0) is 24.3. The van der Waals surface area contributed by atoms with Gasteiger partial charge in [-0.3, -0.25) is 14.2 Å². The third kappa shape index (κ3) is 5.46. The summed E-state index contributed by atoms with van der Waals surface area (Å²) in [7, 11) is -3.44. The third-order valence-corrected chi connectivity index (χ3v) is 6.17. The van der Waals surface area contributed by atoms with Gasteiger partial charge in [0.2, 0.25) is 5.69 Å². The summed E-state index contributed by atoms with van der Waals surface area (Å²) in [4.78, 5) is 39.2. The van der Waals surface area contributed by atoms with Crippen LogP contribution in [0.1, 0.15) is 35.5 Å². The van der Waals surface area contributed by atoms with E-state index >= 15 is 0 Å². The fourth-order valence-corrected chi connectivity index (χ4v) is 3.77. The summed E-state index contributed by atoms with van der Waals surface area (Å²) in [5.41, 5.74) is -0.102. The van der Waals surface area contributed by atoms with E-state index in [1.165, 1.54) is 24.3 Å². The Bertz CT molecular complexity index is 1400. The van der Waals surface area contributed by atoms with E-state index in [2.05, 4.69) is 10.4 Å². The molecule has 0 bridgehead atoms. The highest BCUT2D eigenvalue weighted by molar-refractivity contribution is 7.90. The van der Waals surface area contributed by atoms with E-state index in [1.807, 2.05) is 32.9 Å². The minimum atomic E-state index is -3.44. The fourth-order valence-electron chi connectivity index (χ4n) is 3.14. The third-order valence-electron chi connectivity index (χ3n) is 5.04. The molecule has 10 heteroatoms. The van der Waals surface area contributed by atoms with E-state index in [0.29, 0.717) is 6.54 Å². The number of hydrogen-bond acceptors (Lipinski definition) is 6. The highest BCUT2D eigenvalue weighted by Gasteiger charge is 2.21. The molecule has 0 saturated heterocycles. The van der Waals surface area contributed by atoms with Crippen molar-refractivity contribution in [2.24, 2.45) is 5.92 Å². The number of nitrogens with one attached hydrogen (secondary N) is 1. The second-order valence-electron chi connectivity index (χ2n) is 8.23. The molecule has 3 aromatic rings. The minimum Gasteiger partial charge on any atom is -0.350 e. The van der Waals surface area contributed by atoms with Crippen LogP contribution in [-0.4, -0.2) is 41.5 Å². The van der Waals surface area contributed by atoms with Crippen molar-refractivity contribution in [1.82, 2.24) is 19.7 Å². The molecule has 2 aromatic carbocycles. The van der Waals surface area contributed by atoms with Gasteiger partial charge in [0.25, 0.3) is 11.5 Å². The number of nitrogens with zero attached hydrogens (tertiary/aromatic N) is 3.